The van der Waals surface area contributed by atoms with E-state index in [1.54, 1.807) is 0 Å². The van der Waals surface area contributed by atoms with Crippen molar-refractivity contribution < 1.29 is 9.26 Å². The van der Waals surface area contributed by atoms with Gasteiger partial charge in [0.05, 0.1) is 19.8 Å². The van der Waals surface area contributed by atoms with E-state index in [9.17, 15) is 0 Å². The standard InChI is InChI=1S/C8H12N2O2/c1-9-4-8-6-2-3-11-5-7(6)10-12-8/h9H,2-5H2,1H3. The second-order valence-corrected chi connectivity index (χ2v) is 2.86. The van der Waals surface area contributed by atoms with Crippen LogP contribution in [0, 0.1) is 0 Å². The van der Waals surface area contributed by atoms with Gasteiger partial charge < -0.3 is 14.6 Å². The molecule has 0 bridgehead atoms. The van der Waals surface area contributed by atoms with Gasteiger partial charge in [0.1, 0.15) is 5.69 Å². The van der Waals surface area contributed by atoms with Crippen molar-refractivity contribution >= 4 is 0 Å². The first-order valence-corrected chi connectivity index (χ1v) is 4.10. The van der Waals surface area contributed by atoms with Crippen molar-refractivity contribution in [1.82, 2.24) is 10.5 Å². The van der Waals surface area contributed by atoms with Gasteiger partial charge in [-0.05, 0) is 7.05 Å². The number of rotatable bonds is 2. The molecule has 1 aromatic rings. The highest BCUT2D eigenvalue weighted by Crippen LogP contribution is 2.19. The molecule has 0 atom stereocenters. The van der Waals surface area contributed by atoms with Gasteiger partial charge in [0.25, 0.3) is 0 Å². The second kappa shape index (κ2) is 3.25. The average molecular weight is 168 g/mol. The summed E-state index contributed by atoms with van der Waals surface area (Å²) in [6.45, 7) is 2.13. The number of fused-ring (bicyclic) bond motifs is 1. The quantitative estimate of drug-likeness (QED) is 0.697. The summed E-state index contributed by atoms with van der Waals surface area (Å²) in [5, 5.41) is 6.98. The zero-order valence-electron chi connectivity index (χ0n) is 7.09. The lowest BCUT2D eigenvalue weighted by Gasteiger charge is -2.09. The Balaban J connectivity index is 2.25. The van der Waals surface area contributed by atoms with Crippen molar-refractivity contribution in [1.29, 1.82) is 0 Å². The van der Waals surface area contributed by atoms with Gasteiger partial charge in [0, 0.05) is 12.0 Å². The molecule has 66 valence electrons. The van der Waals surface area contributed by atoms with Crippen molar-refractivity contribution in [2.24, 2.45) is 0 Å². The average Bonchev–Trinajstić information content (AvgIpc) is 2.50. The van der Waals surface area contributed by atoms with Crippen LogP contribution in [0.3, 0.4) is 0 Å². The summed E-state index contributed by atoms with van der Waals surface area (Å²) < 4.78 is 10.4. The van der Waals surface area contributed by atoms with E-state index in [1.807, 2.05) is 7.05 Å². The fourth-order valence-corrected chi connectivity index (χ4v) is 1.42. The van der Waals surface area contributed by atoms with Gasteiger partial charge in [0.15, 0.2) is 5.76 Å². The Bertz CT molecular complexity index is 270. The lowest BCUT2D eigenvalue weighted by atomic mass is 10.1. The normalized spacial score (nSPS) is 16.1. The van der Waals surface area contributed by atoms with Crippen LogP contribution in [0.2, 0.25) is 0 Å². The zero-order valence-corrected chi connectivity index (χ0v) is 7.09. The lowest BCUT2D eigenvalue weighted by Crippen LogP contribution is -2.12. The molecular formula is C8H12N2O2. The van der Waals surface area contributed by atoms with Crippen LogP contribution in [0.25, 0.3) is 0 Å². The predicted molar refractivity (Wildman–Crippen MR) is 42.6 cm³/mol. The Morgan fingerprint density at radius 1 is 1.58 bits per heavy atom. The first-order chi connectivity index (χ1) is 5.92. The topological polar surface area (TPSA) is 47.3 Å². The van der Waals surface area contributed by atoms with E-state index < -0.39 is 0 Å². The van der Waals surface area contributed by atoms with E-state index in [0.29, 0.717) is 6.61 Å². The maximum absolute atomic E-state index is 5.24. The first kappa shape index (κ1) is 7.76. The fourth-order valence-electron chi connectivity index (χ4n) is 1.42. The van der Waals surface area contributed by atoms with Crippen LogP contribution in [0.1, 0.15) is 17.0 Å². The smallest absolute Gasteiger partial charge is 0.154 e. The molecule has 1 aromatic heterocycles. The number of hydrogen-bond acceptors (Lipinski definition) is 4. The van der Waals surface area contributed by atoms with Crippen LogP contribution < -0.4 is 5.32 Å². The van der Waals surface area contributed by atoms with Gasteiger partial charge >= 0.3 is 0 Å². The number of nitrogens with zero attached hydrogens (tertiary/aromatic N) is 1. The van der Waals surface area contributed by atoms with Crippen molar-refractivity contribution in [2.45, 2.75) is 19.6 Å². The van der Waals surface area contributed by atoms with Crippen LogP contribution in [-0.2, 0) is 24.3 Å². The Morgan fingerprint density at radius 2 is 2.50 bits per heavy atom. The van der Waals surface area contributed by atoms with Crippen molar-refractivity contribution in [2.75, 3.05) is 13.7 Å². The third kappa shape index (κ3) is 1.23. The molecule has 1 N–H and O–H groups in total. The molecule has 0 saturated heterocycles. The van der Waals surface area contributed by atoms with Gasteiger partial charge in [-0.2, -0.15) is 0 Å². The van der Waals surface area contributed by atoms with Crippen LogP contribution in [-0.4, -0.2) is 18.8 Å². The van der Waals surface area contributed by atoms with Crippen LogP contribution in [0.15, 0.2) is 4.52 Å². The number of hydrogen-bond donors (Lipinski definition) is 1. The van der Waals surface area contributed by atoms with Crippen LogP contribution in [0.4, 0.5) is 0 Å². The van der Waals surface area contributed by atoms with E-state index >= 15 is 0 Å². The largest absolute Gasteiger partial charge is 0.375 e. The van der Waals surface area contributed by atoms with E-state index in [2.05, 4.69) is 10.5 Å². The van der Waals surface area contributed by atoms with Gasteiger partial charge in [-0.15, -0.1) is 0 Å². The molecule has 1 aliphatic rings. The summed E-state index contributed by atoms with van der Waals surface area (Å²) >= 11 is 0. The molecule has 1 aliphatic heterocycles. The molecule has 2 rings (SSSR count). The highest BCUT2D eigenvalue weighted by atomic mass is 16.5. The van der Waals surface area contributed by atoms with E-state index in [0.717, 1.165) is 31.0 Å². The Hall–Kier alpha value is -0.870. The van der Waals surface area contributed by atoms with Crippen LogP contribution >= 0.6 is 0 Å². The summed E-state index contributed by atoms with van der Waals surface area (Å²) in [5.41, 5.74) is 2.20. The maximum Gasteiger partial charge on any atom is 0.154 e. The Morgan fingerprint density at radius 3 is 3.33 bits per heavy atom. The molecule has 0 aliphatic carbocycles. The van der Waals surface area contributed by atoms with Gasteiger partial charge in [-0.3, -0.25) is 0 Å². The van der Waals surface area contributed by atoms with E-state index in [4.69, 9.17) is 9.26 Å². The summed E-state index contributed by atoms with van der Waals surface area (Å²) in [5.74, 6) is 0.954. The predicted octanol–water partition coefficient (Wildman–Crippen LogP) is 0.467. The van der Waals surface area contributed by atoms with Crippen molar-refractivity contribution in [3.8, 4) is 0 Å². The van der Waals surface area contributed by atoms with Crippen molar-refractivity contribution in [3.05, 3.63) is 17.0 Å². The summed E-state index contributed by atoms with van der Waals surface area (Å²) in [4.78, 5) is 0. The highest BCUT2D eigenvalue weighted by Gasteiger charge is 2.18. The molecule has 0 spiro atoms. The fraction of sp³-hybridized carbons (Fsp3) is 0.625. The molecule has 0 unspecified atom stereocenters. The third-order valence-electron chi connectivity index (χ3n) is 2.02. The third-order valence-corrected chi connectivity index (χ3v) is 2.02. The molecule has 4 nitrogen and oxygen atoms in total. The van der Waals surface area contributed by atoms with Gasteiger partial charge in [-0.25, -0.2) is 0 Å². The molecule has 0 saturated carbocycles. The second-order valence-electron chi connectivity index (χ2n) is 2.86. The summed E-state index contributed by atoms with van der Waals surface area (Å²) in [7, 11) is 1.90. The monoisotopic (exact) mass is 168 g/mol. The highest BCUT2D eigenvalue weighted by molar-refractivity contribution is 5.24. The van der Waals surface area contributed by atoms with Gasteiger partial charge in [-0.1, -0.05) is 5.16 Å². The van der Waals surface area contributed by atoms with Gasteiger partial charge in [0.2, 0.25) is 0 Å². The Labute approximate surface area is 70.9 Å². The number of ether oxygens (including phenoxy) is 1. The molecule has 2 heterocycles. The molecule has 4 heteroatoms. The molecule has 12 heavy (non-hydrogen) atoms. The first-order valence-electron chi connectivity index (χ1n) is 4.10. The maximum atomic E-state index is 5.24. The molecular weight excluding hydrogens is 156 g/mol. The SMILES string of the molecule is CNCc1onc2c1CCOC2. The Kier molecular flexibility index (Phi) is 2.10. The minimum atomic E-state index is 0.600. The summed E-state index contributed by atoms with van der Waals surface area (Å²) in [6.07, 6.45) is 0.926. The number of aromatic nitrogens is 1. The van der Waals surface area contributed by atoms with Crippen molar-refractivity contribution in [3.63, 3.8) is 0 Å². The minimum absolute atomic E-state index is 0.600. The van der Waals surface area contributed by atoms with E-state index in [-0.39, 0.29) is 0 Å². The molecule has 0 amide bonds. The zero-order chi connectivity index (χ0) is 8.39. The number of nitrogens with one attached hydrogen (secondary N) is 1. The molecule has 0 aromatic carbocycles. The van der Waals surface area contributed by atoms with E-state index in [1.165, 1.54) is 5.56 Å². The lowest BCUT2D eigenvalue weighted by molar-refractivity contribution is 0.107. The molecule has 0 radical (unpaired) electrons. The summed E-state index contributed by atoms with van der Waals surface area (Å²) in [6, 6.07) is 0. The molecule has 0 fully saturated rings. The van der Waals surface area contributed by atoms with Crippen LogP contribution in [0.5, 0.6) is 0 Å². The minimum Gasteiger partial charge on any atom is -0.375 e.